The molecule has 0 aromatic carbocycles. The normalized spacial score (nSPS) is 10.7. The Morgan fingerprint density at radius 1 is 1.42 bits per heavy atom. The zero-order valence-corrected chi connectivity index (χ0v) is 12.3. The van der Waals surface area contributed by atoms with E-state index in [1.165, 1.54) is 6.20 Å². The van der Waals surface area contributed by atoms with Gasteiger partial charge in [-0.3, -0.25) is 9.78 Å². The average Bonchev–Trinajstić information content (AvgIpc) is 2.85. The van der Waals surface area contributed by atoms with Crippen LogP contribution in [-0.4, -0.2) is 16.0 Å². The molecule has 5 nitrogen and oxygen atoms in total. The van der Waals surface area contributed by atoms with Crippen LogP contribution >= 0.6 is 15.9 Å². The molecule has 2 rings (SSSR count). The van der Waals surface area contributed by atoms with Crippen molar-refractivity contribution in [2.24, 2.45) is 0 Å². The SMILES string of the molecule is CC(C)c1cc(CNC(=O)c2cncc(Br)c2)on1. The monoisotopic (exact) mass is 323 g/mol. The van der Waals surface area contributed by atoms with E-state index in [0.29, 0.717) is 23.8 Å². The van der Waals surface area contributed by atoms with Gasteiger partial charge in [-0.15, -0.1) is 0 Å². The molecule has 100 valence electrons. The van der Waals surface area contributed by atoms with E-state index in [1.807, 2.05) is 19.9 Å². The topological polar surface area (TPSA) is 68.0 Å². The third-order valence-corrected chi connectivity index (χ3v) is 2.99. The Kier molecular flexibility index (Phi) is 4.31. The highest BCUT2D eigenvalue weighted by Gasteiger charge is 2.10. The summed E-state index contributed by atoms with van der Waals surface area (Å²) < 4.78 is 5.91. The Bertz CT molecular complexity index is 581. The number of nitrogens with zero attached hydrogens (tertiary/aromatic N) is 2. The van der Waals surface area contributed by atoms with Crippen LogP contribution in [0.15, 0.2) is 33.5 Å². The fourth-order valence-corrected chi connectivity index (χ4v) is 1.85. The van der Waals surface area contributed by atoms with Gasteiger partial charge in [0.15, 0.2) is 5.76 Å². The van der Waals surface area contributed by atoms with E-state index in [9.17, 15) is 4.79 Å². The van der Waals surface area contributed by atoms with Crippen LogP contribution in [0.5, 0.6) is 0 Å². The second-order valence-electron chi connectivity index (χ2n) is 4.45. The molecule has 0 saturated heterocycles. The number of hydrogen-bond acceptors (Lipinski definition) is 4. The Morgan fingerprint density at radius 3 is 2.84 bits per heavy atom. The van der Waals surface area contributed by atoms with Crippen molar-refractivity contribution in [2.45, 2.75) is 26.3 Å². The van der Waals surface area contributed by atoms with E-state index in [4.69, 9.17) is 4.52 Å². The number of pyridine rings is 1. The molecule has 2 heterocycles. The van der Waals surface area contributed by atoms with Crippen molar-refractivity contribution in [3.05, 3.63) is 46.0 Å². The summed E-state index contributed by atoms with van der Waals surface area (Å²) >= 11 is 3.27. The lowest BCUT2D eigenvalue weighted by molar-refractivity contribution is 0.0946. The largest absolute Gasteiger partial charge is 0.359 e. The van der Waals surface area contributed by atoms with E-state index in [-0.39, 0.29) is 5.91 Å². The molecule has 0 unspecified atom stereocenters. The van der Waals surface area contributed by atoms with Crippen LogP contribution in [0.2, 0.25) is 0 Å². The number of aromatic nitrogens is 2. The molecule has 0 radical (unpaired) electrons. The van der Waals surface area contributed by atoms with Gasteiger partial charge in [0.25, 0.3) is 5.91 Å². The maximum atomic E-state index is 11.9. The van der Waals surface area contributed by atoms with Crippen molar-refractivity contribution in [2.75, 3.05) is 0 Å². The van der Waals surface area contributed by atoms with Crippen molar-refractivity contribution < 1.29 is 9.32 Å². The molecule has 6 heteroatoms. The van der Waals surface area contributed by atoms with Gasteiger partial charge in [-0.05, 0) is 27.9 Å². The number of halogens is 1. The predicted molar refractivity (Wildman–Crippen MR) is 73.7 cm³/mol. The standard InChI is InChI=1S/C13H14BrN3O2/c1-8(2)12-4-11(19-17-12)7-16-13(18)9-3-10(14)6-15-5-9/h3-6,8H,7H2,1-2H3,(H,16,18). The highest BCUT2D eigenvalue weighted by atomic mass is 79.9. The molecule has 0 fully saturated rings. The van der Waals surface area contributed by atoms with Crippen molar-refractivity contribution in [3.8, 4) is 0 Å². The Hall–Kier alpha value is -1.69. The number of nitrogens with one attached hydrogen (secondary N) is 1. The first kappa shape index (κ1) is 13.7. The smallest absolute Gasteiger partial charge is 0.253 e. The van der Waals surface area contributed by atoms with E-state index < -0.39 is 0 Å². The molecule has 0 bridgehead atoms. The van der Waals surface area contributed by atoms with Crippen LogP contribution in [0.4, 0.5) is 0 Å². The van der Waals surface area contributed by atoms with Gasteiger partial charge in [0, 0.05) is 22.9 Å². The quantitative estimate of drug-likeness (QED) is 0.939. The Morgan fingerprint density at radius 2 is 2.21 bits per heavy atom. The van der Waals surface area contributed by atoms with Crippen LogP contribution < -0.4 is 5.32 Å². The summed E-state index contributed by atoms with van der Waals surface area (Å²) in [5, 5.41) is 6.70. The van der Waals surface area contributed by atoms with E-state index >= 15 is 0 Å². The van der Waals surface area contributed by atoms with Crippen LogP contribution in [0, 0.1) is 0 Å². The maximum Gasteiger partial charge on any atom is 0.253 e. The molecule has 0 aliphatic heterocycles. The molecule has 19 heavy (non-hydrogen) atoms. The minimum atomic E-state index is -0.198. The number of carbonyl (C=O) groups excluding carboxylic acids is 1. The zero-order chi connectivity index (χ0) is 13.8. The van der Waals surface area contributed by atoms with Gasteiger partial charge in [0.2, 0.25) is 0 Å². The lowest BCUT2D eigenvalue weighted by Gasteiger charge is -2.02. The number of carbonyl (C=O) groups is 1. The first-order chi connectivity index (χ1) is 9.06. The summed E-state index contributed by atoms with van der Waals surface area (Å²) in [5.74, 6) is 0.749. The number of hydrogen-bond donors (Lipinski definition) is 1. The second-order valence-corrected chi connectivity index (χ2v) is 5.36. The van der Waals surface area contributed by atoms with Crippen molar-refractivity contribution in [3.63, 3.8) is 0 Å². The molecule has 0 atom stereocenters. The summed E-state index contributed by atoms with van der Waals surface area (Å²) in [6.45, 7) is 4.38. The lowest BCUT2D eigenvalue weighted by Crippen LogP contribution is -2.22. The third kappa shape index (κ3) is 3.64. The molecule has 1 N–H and O–H groups in total. The molecule has 0 aliphatic carbocycles. The van der Waals surface area contributed by atoms with E-state index in [0.717, 1.165) is 10.2 Å². The Balaban J connectivity index is 1.96. The molecule has 0 aliphatic rings. The van der Waals surface area contributed by atoms with Gasteiger partial charge < -0.3 is 9.84 Å². The van der Waals surface area contributed by atoms with Gasteiger partial charge in [0.05, 0.1) is 17.8 Å². The highest BCUT2D eigenvalue weighted by molar-refractivity contribution is 9.10. The second kappa shape index (κ2) is 5.97. The van der Waals surface area contributed by atoms with Crippen molar-refractivity contribution >= 4 is 21.8 Å². The van der Waals surface area contributed by atoms with Crippen molar-refractivity contribution in [1.82, 2.24) is 15.5 Å². The zero-order valence-electron chi connectivity index (χ0n) is 10.7. The third-order valence-electron chi connectivity index (χ3n) is 2.56. The molecule has 0 spiro atoms. The first-order valence-electron chi connectivity index (χ1n) is 5.90. The molecule has 1 amide bonds. The highest BCUT2D eigenvalue weighted by Crippen LogP contribution is 2.14. The lowest BCUT2D eigenvalue weighted by atomic mass is 10.1. The predicted octanol–water partition coefficient (Wildman–Crippen LogP) is 2.89. The number of amides is 1. The minimum Gasteiger partial charge on any atom is -0.359 e. The van der Waals surface area contributed by atoms with Gasteiger partial charge in [-0.1, -0.05) is 19.0 Å². The van der Waals surface area contributed by atoms with Crippen LogP contribution in [0.25, 0.3) is 0 Å². The van der Waals surface area contributed by atoms with E-state index in [2.05, 4.69) is 31.4 Å². The molecule has 2 aromatic heterocycles. The molecular weight excluding hydrogens is 310 g/mol. The first-order valence-corrected chi connectivity index (χ1v) is 6.70. The summed E-state index contributed by atoms with van der Waals surface area (Å²) in [6, 6.07) is 3.56. The van der Waals surface area contributed by atoms with Crippen LogP contribution in [0.1, 0.15) is 41.6 Å². The fraction of sp³-hybridized carbons (Fsp3) is 0.308. The fourth-order valence-electron chi connectivity index (χ4n) is 1.49. The summed E-state index contributed by atoms with van der Waals surface area (Å²) in [5.41, 5.74) is 1.38. The van der Waals surface area contributed by atoms with Gasteiger partial charge >= 0.3 is 0 Å². The Labute approximate surface area is 119 Å². The van der Waals surface area contributed by atoms with Gasteiger partial charge in [-0.2, -0.15) is 0 Å². The summed E-state index contributed by atoms with van der Waals surface area (Å²) in [4.78, 5) is 15.8. The van der Waals surface area contributed by atoms with Crippen LogP contribution in [-0.2, 0) is 6.54 Å². The molecule has 2 aromatic rings. The molecular formula is C13H14BrN3O2. The maximum absolute atomic E-state index is 11.9. The van der Waals surface area contributed by atoms with Gasteiger partial charge in [-0.25, -0.2) is 0 Å². The molecule has 0 saturated carbocycles. The average molecular weight is 324 g/mol. The minimum absolute atomic E-state index is 0.198. The number of rotatable bonds is 4. The van der Waals surface area contributed by atoms with Crippen LogP contribution in [0.3, 0.4) is 0 Å². The summed E-state index contributed by atoms with van der Waals surface area (Å²) in [7, 11) is 0. The van der Waals surface area contributed by atoms with Crippen molar-refractivity contribution in [1.29, 1.82) is 0 Å². The van der Waals surface area contributed by atoms with Gasteiger partial charge in [0.1, 0.15) is 0 Å². The van der Waals surface area contributed by atoms with E-state index in [1.54, 1.807) is 12.3 Å². The summed E-state index contributed by atoms with van der Waals surface area (Å²) in [6.07, 6.45) is 3.14.